The van der Waals surface area contributed by atoms with Crippen LogP contribution < -0.4 is 4.74 Å². The molecule has 0 bridgehead atoms. The van der Waals surface area contributed by atoms with Gasteiger partial charge in [0.25, 0.3) is 0 Å². The van der Waals surface area contributed by atoms with Crippen molar-refractivity contribution in [2.24, 2.45) is 4.99 Å². The number of nitro benzene ring substituents is 1. The molecule has 144 valence electrons. The van der Waals surface area contributed by atoms with Gasteiger partial charge in [0.05, 0.1) is 29.3 Å². The summed E-state index contributed by atoms with van der Waals surface area (Å²) in [6, 6.07) is 5.10. The molecule has 1 aromatic carbocycles. The normalized spacial score (nSPS) is 13.3. The molecule has 1 aromatic heterocycles. The molecule has 9 heteroatoms. The van der Waals surface area contributed by atoms with Gasteiger partial charge in [0, 0.05) is 12.5 Å². The van der Waals surface area contributed by atoms with Crippen molar-refractivity contribution in [2.75, 3.05) is 19.8 Å². The molecule has 0 atom stereocenters. The Balaban J connectivity index is 1.54. The first-order valence-corrected chi connectivity index (χ1v) is 9.13. The van der Waals surface area contributed by atoms with Gasteiger partial charge in [-0.05, 0) is 38.3 Å². The summed E-state index contributed by atoms with van der Waals surface area (Å²) in [7, 11) is 0. The van der Waals surface area contributed by atoms with E-state index in [-0.39, 0.29) is 16.5 Å². The highest BCUT2D eigenvalue weighted by molar-refractivity contribution is 6.36. The number of aryl methyl sites for hydroxylation is 2. The molecule has 2 aromatic rings. The SMILES string of the molecule is Cc1cc(CCCCCOc2ccc(C3=NCCO3)c(Cl)c2[N+](=O)[O-])on1. The summed E-state index contributed by atoms with van der Waals surface area (Å²) in [4.78, 5) is 15.1. The molecule has 0 saturated heterocycles. The number of aliphatic imine (C=N–C) groups is 1. The number of nitrogens with zero attached hydrogens (tertiary/aromatic N) is 3. The molecule has 0 amide bonds. The molecule has 3 rings (SSSR count). The van der Waals surface area contributed by atoms with Gasteiger partial charge in [-0.15, -0.1) is 0 Å². The van der Waals surface area contributed by atoms with Gasteiger partial charge in [-0.1, -0.05) is 16.8 Å². The second kappa shape index (κ2) is 8.85. The maximum Gasteiger partial charge on any atom is 0.330 e. The summed E-state index contributed by atoms with van der Waals surface area (Å²) in [5.41, 5.74) is 1.02. The van der Waals surface area contributed by atoms with Gasteiger partial charge >= 0.3 is 5.69 Å². The molecule has 0 N–H and O–H groups in total. The minimum absolute atomic E-state index is 0.0150. The fourth-order valence-electron chi connectivity index (χ4n) is 2.79. The van der Waals surface area contributed by atoms with Crippen molar-refractivity contribution in [1.82, 2.24) is 5.16 Å². The van der Waals surface area contributed by atoms with Crippen LogP contribution in [0, 0.1) is 17.0 Å². The summed E-state index contributed by atoms with van der Waals surface area (Å²) in [6.07, 6.45) is 3.41. The smallest absolute Gasteiger partial charge is 0.330 e. The molecule has 1 aliphatic rings. The van der Waals surface area contributed by atoms with E-state index in [1.54, 1.807) is 12.1 Å². The third kappa shape index (κ3) is 4.77. The van der Waals surface area contributed by atoms with Gasteiger partial charge in [-0.3, -0.25) is 10.1 Å². The summed E-state index contributed by atoms with van der Waals surface area (Å²) in [5, 5.41) is 15.3. The first-order chi connectivity index (χ1) is 13.1. The van der Waals surface area contributed by atoms with Crippen LogP contribution in [0.3, 0.4) is 0 Å². The largest absolute Gasteiger partial charge is 0.487 e. The van der Waals surface area contributed by atoms with Crippen LogP contribution in [-0.4, -0.2) is 35.7 Å². The molecule has 0 aliphatic carbocycles. The van der Waals surface area contributed by atoms with E-state index >= 15 is 0 Å². The third-order valence-electron chi connectivity index (χ3n) is 4.08. The van der Waals surface area contributed by atoms with Crippen LogP contribution in [0.5, 0.6) is 5.75 Å². The highest BCUT2D eigenvalue weighted by Gasteiger charge is 2.27. The lowest BCUT2D eigenvalue weighted by Gasteiger charge is -2.10. The number of unbranched alkanes of at least 4 members (excludes halogenated alkanes) is 2. The number of hydrogen-bond acceptors (Lipinski definition) is 7. The number of nitro groups is 1. The number of halogens is 1. The molecule has 0 radical (unpaired) electrons. The summed E-state index contributed by atoms with van der Waals surface area (Å²) in [6.45, 7) is 3.22. The van der Waals surface area contributed by atoms with E-state index in [0.29, 0.717) is 31.2 Å². The second-order valence-corrected chi connectivity index (χ2v) is 6.54. The Morgan fingerprint density at radius 3 is 2.85 bits per heavy atom. The van der Waals surface area contributed by atoms with Crippen LogP contribution in [0.2, 0.25) is 5.02 Å². The Hall–Kier alpha value is -2.61. The van der Waals surface area contributed by atoms with Crippen LogP contribution in [0.25, 0.3) is 0 Å². The van der Waals surface area contributed by atoms with Crippen LogP contribution in [0.4, 0.5) is 5.69 Å². The van der Waals surface area contributed by atoms with Crippen molar-refractivity contribution in [3.63, 3.8) is 0 Å². The molecule has 1 aliphatic heterocycles. The zero-order chi connectivity index (χ0) is 19.2. The van der Waals surface area contributed by atoms with Gasteiger partial charge < -0.3 is 14.0 Å². The summed E-state index contributed by atoms with van der Waals surface area (Å²) in [5.74, 6) is 1.35. The molecule has 0 unspecified atom stereocenters. The topological polar surface area (TPSA) is 100.0 Å². The molecule has 0 saturated carbocycles. The zero-order valence-electron chi connectivity index (χ0n) is 14.9. The predicted molar refractivity (Wildman–Crippen MR) is 99.8 cm³/mol. The first kappa shape index (κ1) is 19.2. The van der Waals surface area contributed by atoms with Crippen LogP contribution in [0.15, 0.2) is 27.7 Å². The van der Waals surface area contributed by atoms with Crippen molar-refractivity contribution in [1.29, 1.82) is 0 Å². The molecule has 8 nitrogen and oxygen atoms in total. The summed E-state index contributed by atoms with van der Waals surface area (Å²) < 4.78 is 16.1. The van der Waals surface area contributed by atoms with E-state index in [0.717, 1.165) is 37.1 Å². The Morgan fingerprint density at radius 2 is 2.19 bits per heavy atom. The number of hydrogen-bond donors (Lipinski definition) is 0. The number of aromatic nitrogens is 1. The van der Waals surface area contributed by atoms with Crippen molar-refractivity contribution in [3.8, 4) is 5.75 Å². The zero-order valence-corrected chi connectivity index (χ0v) is 15.7. The van der Waals surface area contributed by atoms with E-state index in [4.69, 9.17) is 25.6 Å². The lowest BCUT2D eigenvalue weighted by Crippen LogP contribution is -2.06. The maximum absolute atomic E-state index is 11.4. The molecular formula is C18H20ClN3O5. The van der Waals surface area contributed by atoms with Crippen molar-refractivity contribution >= 4 is 23.2 Å². The van der Waals surface area contributed by atoms with E-state index < -0.39 is 4.92 Å². The Bertz CT molecular complexity index is 850. The molecule has 0 fully saturated rings. The maximum atomic E-state index is 11.4. The van der Waals surface area contributed by atoms with E-state index in [1.807, 2.05) is 13.0 Å². The van der Waals surface area contributed by atoms with E-state index in [2.05, 4.69) is 10.1 Å². The van der Waals surface area contributed by atoms with Gasteiger partial charge in [-0.25, -0.2) is 4.99 Å². The molecular weight excluding hydrogens is 374 g/mol. The van der Waals surface area contributed by atoms with Crippen molar-refractivity contribution < 1.29 is 18.9 Å². The monoisotopic (exact) mass is 393 g/mol. The Labute approximate surface area is 161 Å². The van der Waals surface area contributed by atoms with Crippen LogP contribution >= 0.6 is 11.6 Å². The van der Waals surface area contributed by atoms with Gasteiger partial charge in [-0.2, -0.15) is 0 Å². The average Bonchev–Trinajstić information content (AvgIpc) is 3.29. The number of rotatable bonds is 9. The fraction of sp³-hybridized carbons (Fsp3) is 0.444. The Kier molecular flexibility index (Phi) is 6.28. The predicted octanol–water partition coefficient (Wildman–Crippen LogP) is 4.11. The average molecular weight is 394 g/mol. The quantitative estimate of drug-likeness (QED) is 0.361. The lowest BCUT2D eigenvalue weighted by molar-refractivity contribution is -0.385. The van der Waals surface area contributed by atoms with Gasteiger partial charge in [0.1, 0.15) is 17.4 Å². The number of benzene rings is 1. The third-order valence-corrected chi connectivity index (χ3v) is 4.46. The molecule has 2 heterocycles. The minimum Gasteiger partial charge on any atom is -0.487 e. The van der Waals surface area contributed by atoms with Gasteiger partial charge in [0.2, 0.25) is 5.90 Å². The first-order valence-electron chi connectivity index (χ1n) is 8.76. The van der Waals surface area contributed by atoms with Crippen molar-refractivity contribution in [2.45, 2.75) is 32.6 Å². The molecule has 0 spiro atoms. The van der Waals surface area contributed by atoms with E-state index in [9.17, 15) is 10.1 Å². The lowest BCUT2D eigenvalue weighted by atomic mass is 10.1. The minimum atomic E-state index is -0.539. The second-order valence-electron chi connectivity index (χ2n) is 6.16. The van der Waals surface area contributed by atoms with E-state index in [1.165, 1.54) is 0 Å². The Morgan fingerprint density at radius 1 is 1.33 bits per heavy atom. The standard InChI is InChI=1S/C18H20ClN3O5/c1-12-11-13(27-21-12)5-3-2-4-9-25-15-7-6-14(18-20-8-10-26-18)16(19)17(15)22(23)24/h6-7,11H,2-5,8-10H2,1H3. The fourth-order valence-corrected chi connectivity index (χ4v) is 3.10. The summed E-state index contributed by atoms with van der Waals surface area (Å²) >= 11 is 6.22. The van der Waals surface area contributed by atoms with Crippen LogP contribution in [0.1, 0.15) is 36.3 Å². The molecule has 27 heavy (non-hydrogen) atoms. The van der Waals surface area contributed by atoms with Gasteiger partial charge in [0.15, 0.2) is 5.75 Å². The highest BCUT2D eigenvalue weighted by atomic mass is 35.5. The number of ether oxygens (including phenoxy) is 2. The highest BCUT2D eigenvalue weighted by Crippen LogP contribution is 2.38. The van der Waals surface area contributed by atoms with Crippen molar-refractivity contribution in [3.05, 3.63) is 50.4 Å². The van der Waals surface area contributed by atoms with Crippen LogP contribution in [-0.2, 0) is 11.2 Å².